The Hall–Kier alpha value is -4.01. The first-order valence-electron chi connectivity index (χ1n) is 10.4. The van der Waals surface area contributed by atoms with Gasteiger partial charge in [-0.3, -0.25) is 14.5 Å². The molecule has 3 aromatic rings. The van der Waals surface area contributed by atoms with E-state index < -0.39 is 23.9 Å². The maximum Gasteiger partial charge on any atom is 0.325 e. The van der Waals surface area contributed by atoms with Gasteiger partial charge in [0.2, 0.25) is 12.7 Å². The first kappa shape index (κ1) is 19.9. The number of aromatic nitrogens is 1. The zero-order chi connectivity index (χ0) is 22.2. The van der Waals surface area contributed by atoms with Crippen LogP contribution in [0.1, 0.15) is 24.1 Å². The number of amides is 4. The third-order valence-electron chi connectivity index (χ3n) is 5.78. The largest absolute Gasteiger partial charge is 0.454 e. The van der Waals surface area contributed by atoms with Crippen LogP contribution < -0.4 is 20.1 Å². The van der Waals surface area contributed by atoms with Gasteiger partial charge in [-0.05, 0) is 36.2 Å². The normalized spacial score (nSPS) is 18.2. The second-order valence-corrected chi connectivity index (χ2v) is 7.89. The lowest BCUT2D eigenvalue weighted by molar-refractivity contribution is -0.132. The molecular formula is C23H22N4O5. The van der Waals surface area contributed by atoms with Crippen LogP contribution >= 0.6 is 0 Å². The quantitative estimate of drug-likeness (QED) is 0.515. The molecule has 0 radical (unpaired) electrons. The minimum Gasteiger partial charge on any atom is -0.454 e. The molecule has 2 aliphatic rings. The summed E-state index contributed by atoms with van der Waals surface area (Å²) >= 11 is 0. The number of hydrogen-bond donors (Lipinski definition) is 3. The summed E-state index contributed by atoms with van der Waals surface area (Å²) in [5.74, 6) is 0.447. The molecule has 4 amide bonds. The van der Waals surface area contributed by atoms with Crippen molar-refractivity contribution in [1.82, 2.24) is 20.5 Å². The van der Waals surface area contributed by atoms with E-state index in [1.807, 2.05) is 43.5 Å². The van der Waals surface area contributed by atoms with Crippen LogP contribution in [0.4, 0.5) is 4.79 Å². The highest BCUT2D eigenvalue weighted by Gasteiger charge is 2.39. The summed E-state index contributed by atoms with van der Waals surface area (Å²) < 4.78 is 10.7. The minimum atomic E-state index is -0.708. The van der Waals surface area contributed by atoms with Gasteiger partial charge in [0.05, 0.1) is 6.04 Å². The Morgan fingerprint density at radius 2 is 2.00 bits per heavy atom. The number of rotatable bonds is 6. The molecule has 164 valence electrons. The number of para-hydroxylation sites is 1. The van der Waals surface area contributed by atoms with Crippen LogP contribution in [-0.4, -0.2) is 47.1 Å². The molecule has 1 saturated heterocycles. The van der Waals surface area contributed by atoms with Crippen LogP contribution in [-0.2, 0) is 16.0 Å². The van der Waals surface area contributed by atoms with Gasteiger partial charge in [0, 0.05) is 23.5 Å². The SMILES string of the molecule is C[C@H](NC(=O)CN1C(=O)N[C@H](Cc2c[nH]c3ccccc23)C1=O)c1ccc2c(c1)OCO2. The van der Waals surface area contributed by atoms with Crippen LogP contribution in [0.3, 0.4) is 0 Å². The maximum absolute atomic E-state index is 12.8. The number of ether oxygens (including phenoxy) is 2. The summed E-state index contributed by atoms with van der Waals surface area (Å²) in [6.45, 7) is 1.65. The number of fused-ring (bicyclic) bond motifs is 2. The Morgan fingerprint density at radius 1 is 1.19 bits per heavy atom. The van der Waals surface area contributed by atoms with Crippen LogP contribution in [0.5, 0.6) is 11.5 Å². The van der Waals surface area contributed by atoms with Crippen molar-refractivity contribution in [3.63, 3.8) is 0 Å². The van der Waals surface area contributed by atoms with E-state index in [0.717, 1.165) is 26.9 Å². The summed E-state index contributed by atoms with van der Waals surface area (Å²) in [5.41, 5.74) is 2.73. The maximum atomic E-state index is 12.8. The van der Waals surface area contributed by atoms with Crippen molar-refractivity contribution in [2.45, 2.75) is 25.4 Å². The topological polar surface area (TPSA) is 113 Å². The van der Waals surface area contributed by atoms with Gasteiger partial charge in [-0.15, -0.1) is 0 Å². The van der Waals surface area contributed by atoms with Crippen molar-refractivity contribution in [2.24, 2.45) is 0 Å². The number of imide groups is 1. The molecule has 0 spiro atoms. The van der Waals surface area contributed by atoms with Gasteiger partial charge in [0.25, 0.3) is 5.91 Å². The van der Waals surface area contributed by atoms with Crippen molar-refractivity contribution >= 4 is 28.7 Å². The Kier molecular flexibility index (Phi) is 4.93. The average molecular weight is 434 g/mol. The standard InChI is InChI=1S/C23H22N4O5/c1-13(14-6-7-19-20(9-14)32-12-31-19)25-21(28)11-27-22(29)18(26-23(27)30)8-15-10-24-17-5-3-2-4-16(15)17/h2-7,9-10,13,18,24H,8,11-12H2,1H3,(H,25,28)(H,26,30)/t13-,18+/m0/s1. The molecular weight excluding hydrogens is 412 g/mol. The highest BCUT2D eigenvalue weighted by molar-refractivity contribution is 6.06. The number of hydrogen-bond acceptors (Lipinski definition) is 5. The molecule has 2 atom stereocenters. The summed E-state index contributed by atoms with van der Waals surface area (Å²) in [6, 6.07) is 11.6. The molecule has 2 aromatic carbocycles. The van der Waals surface area contributed by atoms with E-state index in [2.05, 4.69) is 15.6 Å². The number of aromatic amines is 1. The zero-order valence-electron chi connectivity index (χ0n) is 17.4. The molecule has 2 aliphatic heterocycles. The molecule has 3 N–H and O–H groups in total. The van der Waals surface area contributed by atoms with Crippen molar-refractivity contribution < 1.29 is 23.9 Å². The van der Waals surface area contributed by atoms with Crippen molar-refractivity contribution in [2.75, 3.05) is 13.3 Å². The molecule has 0 saturated carbocycles. The van der Waals surface area contributed by atoms with Crippen LogP contribution in [0, 0.1) is 0 Å². The van der Waals surface area contributed by atoms with Crippen molar-refractivity contribution in [3.8, 4) is 11.5 Å². The second-order valence-electron chi connectivity index (χ2n) is 7.89. The first-order valence-corrected chi connectivity index (χ1v) is 10.4. The monoisotopic (exact) mass is 434 g/mol. The predicted molar refractivity (Wildman–Crippen MR) is 115 cm³/mol. The van der Waals surface area contributed by atoms with Gasteiger partial charge in [-0.25, -0.2) is 4.79 Å². The summed E-state index contributed by atoms with van der Waals surface area (Å²) in [7, 11) is 0. The van der Waals surface area contributed by atoms with E-state index in [9.17, 15) is 14.4 Å². The van der Waals surface area contributed by atoms with Crippen molar-refractivity contribution in [3.05, 3.63) is 59.8 Å². The summed E-state index contributed by atoms with van der Waals surface area (Å²) in [6.07, 6.45) is 2.19. The van der Waals surface area contributed by atoms with Gasteiger partial charge in [0.15, 0.2) is 11.5 Å². The highest BCUT2D eigenvalue weighted by atomic mass is 16.7. The Balaban J connectivity index is 1.22. The van der Waals surface area contributed by atoms with E-state index >= 15 is 0 Å². The fourth-order valence-corrected chi connectivity index (χ4v) is 4.08. The minimum absolute atomic E-state index is 0.172. The van der Waals surface area contributed by atoms with Gasteiger partial charge in [0.1, 0.15) is 12.6 Å². The van der Waals surface area contributed by atoms with E-state index in [0.29, 0.717) is 17.9 Å². The Morgan fingerprint density at radius 3 is 2.88 bits per heavy atom. The lowest BCUT2D eigenvalue weighted by Crippen LogP contribution is -2.42. The fraction of sp³-hybridized carbons (Fsp3) is 0.261. The third kappa shape index (κ3) is 3.62. The molecule has 9 nitrogen and oxygen atoms in total. The highest BCUT2D eigenvalue weighted by Crippen LogP contribution is 2.34. The molecule has 0 bridgehead atoms. The lowest BCUT2D eigenvalue weighted by Gasteiger charge is -2.17. The van der Waals surface area contributed by atoms with Gasteiger partial charge in [-0.2, -0.15) is 0 Å². The van der Waals surface area contributed by atoms with E-state index in [1.54, 1.807) is 12.1 Å². The van der Waals surface area contributed by atoms with Crippen LogP contribution in [0.15, 0.2) is 48.7 Å². The fourth-order valence-electron chi connectivity index (χ4n) is 4.08. The smallest absolute Gasteiger partial charge is 0.325 e. The lowest BCUT2D eigenvalue weighted by atomic mass is 10.1. The van der Waals surface area contributed by atoms with E-state index in [1.165, 1.54) is 0 Å². The second kappa shape index (κ2) is 7.92. The number of benzene rings is 2. The molecule has 1 fully saturated rings. The number of carbonyl (C=O) groups excluding carboxylic acids is 3. The molecule has 5 rings (SSSR count). The Labute approximate surface area is 183 Å². The van der Waals surface area contributed by atoms with Gasteiger partial charge >= 0.3 is 6.03 Å². The number of H-pyrrole nitrogens is 1. The van der Waals surface area contributed by atoms with Gasteiger partial charge < -0.3 is 25.1 Å². The molecule has 0 unspecified atom stereocenters. The first-order chi connectivity index (χ1) is 15.5. The Bertz CT molecular complexity index is 1220. The molecule has 9 heteroatoms. The molecule has 0 aliphatic carbocycles. The van der Waals surface area contributed by atoms with Crippen LogP contribution in [0.25, 0.3) is 10.9 Å². The average Bonchev–Trinajstić information content (AvgIpc) is 3.48. The zero-order valence-corrected chi connectivity index (χ0v) is 17.4. The number of nitrogens with one attached hydrogen (secondary N) is 3. The molecule has 1 aromatic heterocycles. The third-order valence-corrected chi connectivity index (χ3v) is 5.78. The van der Waals surface area contributed by atoms with Crippen LogP contribution in [0.2, 0.25) is 0 Å². The van der Waals surface area contributed by atoms with Gasteiger partial charge in [-0.1, -0.05) is 24.3 Å². The van der Waals surface area contributed by atoms with Crippen molar-refractivity contribution in [1.29, 1.82) is 0 Å². The summed E-state index contributed by atoms with van der Waals surface area (Å²) in [5, 5.41) is 6.52. The predicted octanol–water partition coefficient (Wildman–Crippen LogP) is 2.24. The number of nitrogens with zero attached hydrogens (tertiary/aromatic N) is 1. The van der Waals surface area contributed by atoms with E-state index in [-0.39, 0.29) is 19.4 Å². The molecule has 32 heavy (non-hydrogen) atoms. The number of carbonyl (C=O) groups is 3. The molecule has 3 heterocycles. The van der Waals surface area contributed by atoms with E-state index in [4.69, 9.17) is 9.47 Å². The summed E-state index contributed by atoms with van der Waals surface area (Å²) in [4.78, 5) is 41.9. The number of urea groups is 1.